The van der Waals surface area contributed by atoms with E-state index >= 15 is 0 Å². The van der Waals surface area contributed by atoms with Gasteiger partial charge in [0, 0.05) is 11.6 Å². The van der Waals surface area contributed by atoms with Gasteiger partial charge in [-0.05, 0) is 49.1 Å². The summed E-state index contributed by atoms with van der Waals surface area (Å²) < 4.78 is 11.9. The lowest BCUT2D eigenvalue weighted by atomic mass is 10.0. The minimum atomic E-state index is -1.30. The van der Waals surface area contributed by atoms with Crippen LogP contribution in [0.4, 0.5) is 0 Å². The van der Waals surface area contributed by atoms with Crippen LogP contribution in [0.3, 0.4) is 0 Å². The molecule has 0 saturated heterocycles. The molecular formula is C38H57NO8. The molecule has 0 aliphatic carbocycles. The molecule has 2 rings (SSSR count). The molecular weight excluding hydrogens is 598 g/mol. The van der Waals surface area contributed by atoms with E-state index in [0.717, 1.165) is 36.1 Å². The molecule has 0 aliphatic heterocycles. The fourth-order valence-corrected chi connectivity index (χ4v) is 5.54. The molecule has 262 valence electrons. The molecule has 0 spiro atoms. The summed E-state index contributed by atoms with van der Waals surface area (Å²) in [6, 6.07) is 11.7. The molecule has 0 radical (unpaired) electrons. The number of aliphatic carboxylic acids is 2. The third-order valence-electron chi connectivity index (χ3n) is 8.15. The number of carbonyl (C=O) groups is 3. The van der Waals surface area contributed by atoms with E-state index in [9.17, 15) is 29.7 Å². The van der Waals surface area contributed by atoms with Gasteiger partial charge < -0.3 is 29.7 Å². The highest BCUT2D eigenvalue weighted by molar-refractivity contribution is 5.98. The van der Waals surface area contributed by atoms with Crippen LogP contribution in [-0.2, 0) is 16.0 Å². The highest BCUT2D eigenvalue weighted by atomic mass is 16.5. The summed E-state index contributed by atoms with van der Waals surface area (Å²) >= 11 is 0. The van der Waals surface area contributed by atoms with Gasteiger partial charge >= 0.3 is 11.9 Å². The van der Waals surface area contributed by atoms with Crippen LogP contribution in [0.15, 0.2) is 42.5 Å². The van der Waals surface area contributed by atoms with Crippen LogP contribution < -0.4 is 9.47 Å². The number of phenols is 1. The molecule has 9 nitrogen and oxygen atoms in total. The number of aryl methyl sites for hydroxylation is 1. The molecule has 0 bridgehead atoms. The maximum Gasteiger partial charge on any atom is 0.323 e. The maximum absolute atomic E-state index is 13.2. The van der Waals surface area contributed by atoms with Gasteiger partial charge in [0.2, 0.25) is 0 Å². The monoisotopic (exact) mass is 655 g/mol. The topological polar surface area (TPSA) is 134 Å². The highest BCUT2D eigenvalue weighted by Crippen LogP contribution is 2.25. The number of hydrogen-bond acceptors (Lipinski definition) is 6. The maximum atomic E-state index is 13.2. The average Bonchev–Trinajstić information content (AvgIpc) is 3.04. The number of hydrogen-bond donors (Lipinski definition) is 3. The highest BCUT2D eigenvalue weighted by Gasteiger charge is 2.22. The Balaban J connectivity index is 1.78. The lowest BCUT2D eigenvalue weighted by molar-refractivity contribution is -0.140. The standard InChI is InChI=1S/C38H57NO8/c1-2-3-4-5-6-7-8-9-10-11-12-13-14-15-16-17-24-46-34-26-32(38(45)39(29-36(41)42)30-37(43)44)27-35(28-34)47-25-18-19-31-20-22-33(40)23-21-31/h20-23,26-28,40H,2-19,24-25,29-30H2,1H3,(H,41,42)(H,43,44). The molecule has 2 aromatic carbocycles. The molecule has 0 aliphatic rings. The Morgan fingerprint density at radius 3 is 1.47 bits per heavy atom. The van der Waals surface area contributed by atoms with Gasteiger partial charge in [-0.25, -0.2) is 0 Å². The summed E-state index contributed by atoms with van der Waals surface area (Å²) in [5.74, 6) is -2.33. The molecule has 0 atom stereocenters. The van der Waals surface area contributed by atoms with E-state index in [1.807, 2.05) is 12.1 Å². The molecule has 1 amide bonds. The van der Waals surface area contributed by atoms with Crippen molar-refractivity contribution >= 4 is 17.8 Å². The minimum Gasteiger partial charge on any atom is -0.508 e. The first kappa shape index (κ1) is 39.4. The second-order valence-corrected chi connectivity index (χ2v) is 12.4. The number of nitrogens with zero attached hydrogens (tertiary/aromatic N) is 1. The summed E-state index contributed by atoms with van der Waals surface area (Å²) in [5.41, 5.74) is 1.15. The second-order valence-electron chi connectivity index (χ2n) is 12.4. The summed E-state index contributed by atoms with van der Waals surface area (Å²) in [7, 11) is 0. The number of benzene rings is 2. The fraction of sp³-hybridized carbons (Fsp3) is 0.605. The summed E-state index contributed by atoms with van der Waals surface area (Å²) in [6.07, 6.45) is 21.9. The number of carboxylic acids is 2. The molecule has 0 aromatic heterocycles. The van der Waals surface area contributed by atoms with E-state index in [2.05, 4.69) is 6.92 Å². The zero-order chi connectivity index (χ0) is 34.1. The molecule has 9 heteroatoms. The van der Waals surface area contributed by atoms with Gasteiger partial charge in [-0.3, -0.25) is 14.4 Å². The number of aromatic hydroxyl groups is 1. The van der Waals surface area contributed by atoms with E-state index < -0.39 is 30.9 Å². The van der Waals surface area contributed by atoms with E-state index in [0.29, 0.717) is 31.1 Å². The lowest BCUT2D eigenvalue weighted by Gasteiger charge is -2.19. The van der Waals surface area contributed by atoms with Crippen molar-refractivity contribution in [2.24, 2.45) is 0 Å². The normalized spacial score (nSPS) is 10.9. The zero-order valence-electron chi connectivity index (χ0n) is 28.4. The van der Waals surface area contributed by atoms with Crippen molar-refractivity contribution in [3.05, 3.63) is 53.6 Å². The van der Waals surface area contributed by atoms with Crippen molar-refractivity contribution in [2.75, 3.05) is 26.3 Å². The van der Waals surface area contributed by atoms with Crippen LogP contribution in [0.1, 0.15) is 132 Å². The first-order valence-corrected chi connectivity index (χ1v) is 17.7. The predicted molar refractivity (Wildman–Crippen MR) is 185 cm³/mol. The minimum absolute atomic E-state index is 0.102. The Hall–Kier alpha value is -3.75. The van der Waals surface area contributed by atoms with Crippen molar-refractivity contribution in [3.8, 4) is 17.2 Å². The van der Waals surface area contributed by atoms with Gasteiger partial charge in [0.15, 0.2) is 0 Å². The van der Waals surface area contributed by atoms with Crippen LogP contribution in [-0.4, -0.2) is 64.4 Å². The molecule has 0 unspecified atom stereocenters. The smallest absolute Gasteiger partial charge is 0.323 e. The van der Waals surface area contributed by atoms with Gasteiger partial charge in [0.05, 0.1) is 13.2 Å². The van der Waals surface area contributed by atoms with Gasteiger partial charge in [-0.2, -0.15) is 0 Å². The molecule has 47 heavy (non-hydrogen) atoms. The number of carboxylic acid groups (broad SMARTS) is 2. The van der Waals surface area contributed by atoms with Crippen LogP contribution in [0.2, 0.25) is 0 Å². The lowest BCUT2D eigenvalue weighted by Crippen LogP contribution is -2.39. The van der Waals surface area contributed by atoms with Crippen molar-refractivity contribution in [1.29, 1.82) is 0 Å². The van der Waals surface area contributed by atoms with Gasteiger partial charge in [-0.1, -0.05) is 115 Å². The number of ether oxygens (including phenoxy) is 2. The Morgan fingerprint density at radius 1 is 0.596 bits per heavy atom. The first-order chi connectivity index (χ1) is 22.8. The summed E-state index contributed by atoms with van der Waals surface area (Å²) in [4.78, 5) is 36.5. The third kappa shape index (κ3) is 18.9. The Morgan fingerprint density at radius 2 is 1.02 bits per heavy atom. The number of rotatable bonds is 28. The van der Waals surface area contributed by atoms with E-state index in [-0.39, 0.29) is 11.3 Å². The molecule has 3 N–H and O–H groups in total. The summed E-state index contributed by atoms with van der Waals surface area (Å²) in [6.45, 7) is 1.60. The number of carbonyl (C=O) groups excluding carboxylic acids is 1. The third-order valence-corrected chi connectivity index (χ3v) is 8.15. The van der Waals surface area contributed by atoms with Gasteiger partial charge in [-0.15, -0.1) is 0 Å². The van der Waals surface area contributed by atoms with Crippen LogP contribution in [0.5, 0.6) is 17.2 Å². The quantitative estimate of drug-likeness (QED) is 0.0776. The van der Waals surface area contributed by atoms with Crippen LogP contribution in [0.25, 0.3) is 0 Å². The van der Waals surface area contributed by atoms with E-state index in [4.69, 9.17) is 9.47 Å². The van der Waals surface area contributed by atoms with Crippen molar-refractivity contribution in [3.63, 3.8) is 0 Å². The molecule has 0 fully saturated rings. The molecule has 0 heterocycles. The van der Waals surface area contributed by atoms with Crippen molar-refractivity contribution in [2.45, 2.75) is 122 Å². The Labute approximate surface area is 281 Å². The van der Waals surface area contributed by atoms with Crippen LogP contribution >= 0.6 is 0 Å². The van der Waals surface area contributed by atoms with Crippen LogP contribution in [0, 0.1) is 0 Å². The van der Waals surface area contributed by atoms with E-state index in [1.54, 1.807) is 18.2 Å². The van der Waals surface area contributed by atoms with Gasteiger partial charge in [0.1, 0.15) is 30.3 Å². The van der Waals surface area contributed by atoms with Crippen molar-refractivity contribution < 1.29 is 39.2 Å². The van der Waals surface area contributed by atoms with E-state index in [1.165, 1.54) is 95.6 Å². The predicted octanol–water partition coefficient (Wildman–Crippen LogP) is 8.66. The fourth-order valence-electron chi connectivity index (χ4n) is 5.54. The first-order valence-electron chi connectivity index (χ1n) is 17.7. The SMILES string of the molecule is CCCCCCCCCCCCCCCCCCOc1cc(OCCCc2ccc(O)cc2)cc(C(=O)N(CC(=O)O)CC(=O)O)c1. The molecule has 2 aromatic rings. The summed E-state index contributed by atoms with van der Waals surface area (Å²) in [5, 5.41) is 27.9. The van der Waals surface area contributed by atoms with Crippen molar-refractivity contribution in [1.82, 2.24) is 4.90 Å². The second kappa shape index (κ2) is 24.4. The largest absolute Gasteiger partial charge is 0.508 e. The number of phenolic OH excluding ortho intramolecular Hbond substituents is 1. The number of unbranched alkanes of at least 4 members (excludes halogenated alkanes) is 15. The zero-order valence-corrected chi connectivity index (χ0v) is 28.4. The number of amides is 1. The molecule has 0 saturated carbocycles. The Kier molecular flexibility index (Phi) is 20.5. The average molecular weight is 656 g/mol. The Bertz CT molecular complexity index is 1150. The van der Waals surface area contributed by atoms with Gasteiger partial charge in [0.25, 0.3) is 5.91 Å².